The zero-order valence-electron chi connectivity index (χ0n) is 12.6. The summed E-state index contributed by atoms with van der Waals surface area (Å²) in [6.45, 7) is 4.38. The Morgan fingerprint density at radius 2 is 2.14 bits per heavy atom. The number of aliphatic hydroxyl groups excluding tert-OH is 1. The molecule has 0 unspecified atom stereocenters. The molecule has 3 rings (SSSR count). The Kier molecular flexibility index (Phi) is 4.66. The van der Waals surface area contributed by atoms with Gasteiger partial charge in [0.1, 0.15) is 0 Å². The lowest BCUT2D eigenvalue weighted by atomic mass is 10.3. The van der Waals surface area contributed by atoms with Crippen molar-refractivity contribution < 1.29 is 9.90 Å². The molecule has 0 saturated carbocycles. The van der Waals surface area contributed by atoms with E-state index >= 15 is 0 Å². The molecule has 0 spiro atoms. The second-order valence-corrected chi connectivity index (χ2v) is 6.42. The van der Waals surface area contributed by atoms with Crippen molar-refractivity contribution in [3.8, 4) is 0 Å². The molecular weight excluding hydrogens is 300 g/mol. The van der Waals surface area contributed by atoms with Crippen LogP contribution in [0.3, 0.4) is 0 Å². The van der Waals surface area contributed by atoms with Gasteiger partial charge in [-0.05, 0) is 30.0 Å². The highest BCUT2D eigenvalue weighted by atomic mass is 32.2. The van der Waals surface area contributed by atoms with Gasteiger partial charge in [-0.1, -0.05) is 0 Å². The van der Waals surface area contributed by atoms with Gasteiger partial charge in [0.25, 0.3) is 5.91 Å². The molecule has 1 amide bonds. The number of aliphatic hydroxyl groups is 1. The van der Waals surface area contributed by atoms with Crippen LogP contribution in [0.25, 0.3) is 6.08 Å². The predicted molar refractivity (Wildman–Crippen MR) is 88.5 cm³/mol. The third kappa shape index (κ3) is 3.26. The van der Waals surface area contributed by atoms with Crippen molar-refractivity contribution in [3.63, 3.8) is 0 Å². The van der Waals surface area contributed by atoms with Crippen LogP contribution in [0.15, 0.2) is 28.2 Å². The van der Waals surface area contributed by atoms with E-state index in [1.807, 2.05) is 36.0 Å². The van der Waals surface area contributed by atoms with Crippen molar-refractivity contribution in [1.29, 1.82) is 0 Å². The van der Waals surface area contributed by atoms with E-state index in [0.29, 0.717) is 11.4 Å². The van der Waals surface area contributed by atoms with Gasteiger partial charge in [0.05, 0.1) is 11.5 Å². The Morgan fingerprint density at radius 3 is 2.77 bits per heavy atom. The van der Waals surface area contributed by atoms with Crippen LogP contribution < -0.4 is 0 Å². The van der Waals surface area contributed by atoms with E-state index in [4.69, 9.17) is 5.11 Å². The molecule has 0 aromatic carbocycles. The minimum atomic E-state index is -0.154. The summed E-state index contributed by atoms with van der Waals surface area (Å²) in [5, 5.41) is 9.77. The van der Waals surface area contributed by atoms with Crippen LogP contribution in [-0.2, 0) is 11.8 Å². The number of piperazine rings is 1. The highest BCUT2D eigenvalue weighted by Crippen LogP contribution is 2.30. The SMILES string of the molecule is Cn1cccc1/C=C1\SC(N2CCN(CCO)CC2)=NC1=O. The number of aryl methyl sites for hydroxylation is 1. The second-order valence-electron chi connectivity index (χ2n) is 5.41. The lowest BCUT2D eigenvalue weighted by molar-refractivity contribution is -0.113. The summed E-state index contributed by atoms with van der Waals surface area (Å²) in [4.78, 5) is 21.3. The van der Waals surface area contributed by atoms with E-state index in [1.54, 1.807) is 0 Å². The zero-order valence-corrected chi connectivity index (χ0v) is 13.4. The molecule has 22 heavy (non-hydrogen) atoms. The molecule has 6 nitrogen and oxygen atoms in total. The van der Waals surface area contributed by atoms with Crippen LogP contribution in [0.5, 0.6) is 0 Å². The topological polar surface area (TPSA) is 61.1 Å². The summed E-state index contributed by atoms with van der Waals surface area (Å²) in [5.41, 5.74) is 1.00. The van der Waals surface area contributed by atoms with Crippen LogP contribution in [0.1, 0.15) is 5.69 Å². The number of aromatic nitrogens is 1. The van der Waals surface area contributed by atoms with Crippen molar-refractivity contribution in [1.82, 2.24) is 14.4 Å². The van der Waals surface area contributed by atoms with Gasteiger partial charge >= 0.3 is 0 Å². The Hall–Kier alpha value is -1.57. The van der Waals surface area contributed by atoms with Crippen LogP contribution in [0.2, 0.25) is 0 Å². The number of aliphatic imine (C=N–C) groups is 1. The maximum absolute atomic E-state index is 12.1. The number of thioether (sulfide) groups is 1. The molecule has 3 heterocycles. The largest absolute Gasteiger partial charge is 0.395 e. The Balaban J connectivity index is 1.64. The molecule has 1 N–H and O–H groups in total. The Bertz CT molecular complexity index is 615. The minimum Gasteiger partial charge on any atom is -0.395 e. The third-order valence-corrected chi connectivity index (χ3v) is 4.98. The van der Waals surface area contributed by atoms with E-state index in [-0.39, 0.29) is 12.5 Å². The lowest BCUT2D eigenvalue weighted by Gasteiger charge is -2.34. The first-order valence-electron chi connectivity index (χ1n) is 7.39. The van der Waals surface area contributed by atoms with E-state index in [1.165, 1.54) is 11.8 Å². The van der Waals surface area contributed by atoms with Gasteiger partial charge in [0.2, 0.25) is 0 Å². The van der Waals surface area contributed by atoms with Gasteiger partial charge in [-0.25, -0.2) is 0 Å². The van der Waals surface area contributed by atoms with Gasteiger partial charge < -0.3 is 14.6 Å². The fourth-order valence-corrected chi connectivity index (χ4v) is 3.55. The molecule has 2 aliphatic heterocycles. The maximum Gasteiger partial charge on any atom is 0.286 e. The van der Waals surface area contributed by atoms with Gasteiger partial charge in [-0.15, -0.1) is 0 Å². The van der Waals surface area contributed by atoms with Crippen molar-refractivity contribution in [2.45, 2.75) is 0 Å². The fraction of sp³-hybridized carbons (Fsp3) is 0.467. The molecule has 1 aromatic rings. The maximum atomic E-state index is 12.1. The Labute approximate surface area is 134 Å². The summed E-state index contributed by atoms with van der Waals surface area (Å²) >= 11 is 1.45. The number of hydrogen-bond acceptors (Lipinski definition) is 5. The van der Waals surface area contributed by atoms with Gasteiger partial charge in [-0.2, -0.15) is 4.99 Å². The number of nitrogens with zero attached hydrogens (tertiary/aromatic N) is 4. The van der Waals surface area contributed by atoms with E-state index in [9.17, 15) is 4.79 Å². The van der Waals surface area contributed by atoms with Crippen LogP contribution in [0.4, 0.5) is 0 Å². The van der Waals surface area contributed by atoms with Gasteiger partial charge in [0, 0.05) is 51.7 Å². The first kappa shape index (κ1) is 15.3. The first-order chi connectivity index (χ1) is 10.7. The van der Waals surface area contributed by atoms with Crippen LogP contribution in [-0.4, -0.2) is 69.9 Å². The number of β-amino-alcohol motifs (C(OH)–C–C–N with tert-alkyl or cyclic N) is 1. The van der Waals surface area contributed by atoms with E-state index in [0.717, 1.165) is 37.0 Å². The number of amides is 1. The summed E-state index contributed by atoms with van der Waals surface area (Å²) in [7, 11) is 1.96. The molecule has 118 valence electrons. The average Bonchev–Trinajstić information content (AvgIpc) is 3.08. The van der Waals surface area contributed by atoms with Crippen molar-refractivity contribution in [3.05, 3.63) is 28.9 Å². The molecule has 0 bridgehead atoms. The second kappa shape index (κ2) is 6.68. The molecule has 7 heteroatoms. The molecular formula is C15H20N4O2S. The van der Waals surface area contributed by atoms with Crippen molar-refractivity contribution in [2.24, 2.45) is 12.0 Å². The van der Waals surface area contributed by atoms with Crippen molar-refractivity contribution in [2.75, 3.05) is 39.3 Å². The predicted octanol–water partition coefficient (Wildman–Crippen LogP) is 0.605. The third-order valence-electron chi connectivity index (χ3n) is 3.93. The molecule has 0 atom stereocenters. The quantitative estimate of drug-likeness (QED) is 0.827. The van der Waals surface area contributed by atoms with Crippen LogP contribution >= 0.6 is 11.8 Å². The smallest absolute Gasteiger partial charge is 0.286 e. The standard InChI is InChI=1S/C15H20N4O2S/c1-17-4-2-3-12(17)11-13-14(21)16-15(22-13)19-7-5-18(6-8-19)9-10-20/h2-4,11,20H,5-10H2,1H3/b13-11-. The fourth-order valence-electron chi connectivity index (χ4n) is 2.60. The van der Waals surface area contributed by atoms with Gasteiger partial charge in [0.15, 0.2) is 5.17 Å². The summed E-state index contributed by atoms with van der Waals surface area (Å²) < 4.78 is 1.98. The van der Waals surface area contributed by atoms with Gasteiger partial charge in [-0.3, -0.25) is 9.69 Å². The molecule has 1 saturated heterocycles. The number of amidine groups is 1. The molecule has 0 aliphatic carbocycles. The monoisotopic (exact) mass is 320 g/mol. The zero-order chi connectivity index (χ0) is 15.5. The molecule has 2 aliphatic rings. The summed E-state index contributed by atoms with van der Waals surface area (Å²) in [6.07, 6.45) is 3.85. The lowest BCUT2D eigenvalue weighted by Crippen LogP contribution is -2.48. The number of carbonyl (C=O) groups is 1. The van der Waals surface area contributed by atoms with E-state index in [2.05, 4.69) is 14.8 Å². The summed E-state index contributed by atoms with van der Waals surface area (Å²) in [5.74, 6) is -0.154. The normalized spacial score (nSPS) is 21.7. The molecule has 1 fully saturated rings. The highest BCUT2D eigenvalue weighted by molar-refractivity contribution is 8.18. The first-order valence-corrected chi connectivity index (χ1v) is 8.21. The summed E-state index contributed by atoms with van der Waals surface area (Å²) in [6, 6.07) is 3.94. The van der Waals surface area contributed by atoms with E-state index < -0.39 is 0 Å². The minimum absolute atomic E-state index is 0.154. The van der Waals surface area contributed by atoms with Crippen LogP contribution in [0, 0.1) is 0 Å². The average molecular weight is 320 g/mol. The molecule has 1 aromatic heterocycles. The molecule has 0 radical (unpaired) electrons. The number of rotatable bonds is 3. The number of hydrogen-bond donors (Lipinski definition) is 1. The van der Waals surface area contributed by atoms with Crippen molar-refractivity contribution >= 4 is 28.9 Å². The highest BCUT2D eigenvalue weighted by Gasteiger charge is 2.28. The number of carbonyl (C=O) groups excluding carboxylic acids is 1. The Morgan fingerprint density at radius 1 is 1.36 bits per heavy atom.